The first kappa shape index (κ1) is 16.5. The Morgan fingerprint density at radius 1 is 1.17 bits per heavy atom. The van der Waals surface area contributed by atoms with E-state index in [1.165, 1.54) is 18.3 Å². The number of halogens is 1. The number of hydrogen-bond donors (Lipinski definition) is 1. The second-order valence-electron chi connectivity index (χ2n) is 4.52. The Labute approximate surface area is 133 Å². The summed E-state index contributed by atoms with van der Waals surface area (Å²) >= 11 is 0. The largest absolute Gasteiger partial charge is 0.490 e. The first-order chi connectivity index (χ1) is 11.2. The first-order valence-corrected chi connectivity index (χ1v) is 7.11. The topological polar surface area (TPSA) is 59.9 Å². The number of hydrogen-bond acceptors (Lipinski definition) is 4. The number of rotatable bonds is 7. The van der Waals surface area contributed by atoms with E-state index in [0.717, 1.165) is 0 Å². The average molecular weight is 316 g/mol. The highest BCUT2D eigenvalue weighted by molar-refractivity contribution is 5.82. The smallest absolute Gasteiger partial charge is 0.277 e. The van der Waals surface area contributed by atoms with Gasteiger partial charge < -0.3 is 9.47 Å². The van der Waals surface area contributed by atoms with Crippen molar-refractivity contribution in [1.82, 2.24) is 5.43 Å². The predicted molar refractivity (Wildman–Crippen MR) is 85.2 cm³/mol. The summed E-state index contributed by atoms with van der Waals surface area (Å²) in [4.78, 5) is 11.7. The number of carbonyl (C=O) groups excluding carboxylic acids is 1. The van der Waals surface area contributed by atoms with Gasteiger partial charge in [0, 0.05) is 0 Å². The Morgan fingerprint density at radius 3 is 2.61 bits per heavy atom. The Hall–Kier alpha value is -2.89. The number of benzene rings is 2. The van der Waals surface area contributed by atoms with E-state index in [4.69, 9.17) is 9.47 Å². The van der Waals surface area contributed by atoms with Crippen LogP contribution >= 0.6 is 0 Å². The minimum Gasteiger partial charge on any atom is -0.490 e. The van der Waals surface area contributed by atoms with Crippen molar-refractivity contribution < 1.29 is 18.7 Å². The number of para-hydroxylation sites is 2. The van der Waals surface area contributed by atoms with Crippen LogP contribution in [0.3, 0.4) is 0 Å². The van der Waals surface area contributed by atoms with Gasteiger partial charge >= 0.3 is 0 Å². The van der Waals surface area contributed by atoms with Gasteiger partial charge in [0.15, 0.2) is 18.1 Å². The monoisotopic (exact) mass is 316 g/mol. The van der Waals surface area contributed by atoms with Gasteiger partial charge in [-0.2, -0.15) is 5.10 Å². The number of nitrogens with zero attached hydrogens (tertiary/aromatic N) is 1. The molecule has 0 heterocycles. The van der Waals surface area contributed by atoms with Crippen LogP contribution in [-0.4, -0.2) is 25.3 Å². The fourth-order valence-electron chi connectivity index (χ4n) is 1.79. The standard InChI is InChI=1S/C17H17FN2O3/c1-2-22-15-8-3-4-9-16(15)23-12-17(21)20-19-11-13-6-5-7-14(18)10-13/h3-11H,2,12H2,1H3,(H,20,21)/b19-11+. The van der Waals surface area contributed by atoms with Crippen LogP contribution in [0.1, 0.15) is 12.5 Å². The molecule has 23 heavy (non-hydrogen) atoms. The molecule has 2 aromatic carbocycles. The van der Waals surface area contributed by atoms with Gasteiger partial charge in [-0.05, 0) is 36.8 Å². The van der Waals surface area contributed by atoms with Crippen molar-refractivity contribution in [3.63, 3.8) is 0 Å². The fraction of sp³-hybridized carbons (Fsp3) is 0.176. The molecule has 2 aromatic rings. The van der Waals surface area contributed by atoms with E-state index in [-0.39, 0.29) is 12.4 Å². The van der Waals surface area contributed by atoms with E-state index in [0.29, 0.717) is 23.7 Å². The summed E-state index contributed by atoms with van der Waals surface area (Å²) in [5.74, 6) is 0.268. The summed E-state index contributed by atoms with van der Waals surface area (Å²) in [5.41, 5.74) is 2.86. The SMILES string of the molecule is CCOc1ccccc1OCC(=O)N/N=C/c1cccc(F)c1. The highest BCUT2D eigenvalue weighted by atomic mass is 19.1. The molecule has 1 amide bonds. The van der Waals surface area contributed by atoms with Gasteiger partial charge in [-0.25, -0.2) is 9.82 Å². The molecule has 0 aliphatic rings. The second kappa shape index (κ2) is 8.53. The van der Waals surface area contributed by atoms with Crippen LogP contribution in [0, 0.1) is 5.82 Å². The van der Waals surface area contributed by atoms with Crippen molar-refractivity contribution in [2.45, 2.75) is 6.92 Å². The second-order valence-corrected chi connectivity index (χ2v) is 4.52. The Bertz CT molecular complexity index is 689. The fourth-order valence-corrected chi connectivity index (χ4v) is 1.79. The number of hydrazone groups is 1. The highest BCUT2D eigenvalue weighted by Gasteiger charge is 2.06. The summed E-state index contributed by atoms with van der Waals surface area (Å²) in [6.07, 6.45) is 1.36. The third kappa shape index (κ3) is 5.43. The number of ether oxygens (including phenoxy) is 2. The quantitative estimate of drug-likeness (QED) is 0.631. The van der Waals surface area contributed by atoms with Gasteiger partial charge in [0.2, 0.25) is 0 Å². The van der Waals surface area contributed by atoms with Crippen molar-refractivity contribution >= 4 is 12.1 Å². The van der Waals surface area contributed by atoms with Crippen molar-refractivity contribution in [3.05, 3.63) is 59.9 Å². The van der Waals surface area contributed by atoms with Crippen LogP contribution in [0.25, 0.3) is 0 Å². The first-order valence-electron chi connectivity index (χ1n) is 7.11. The molecule has 0 fully saturated rings. The van der Waals surface area contributed by atoms with Crippen LogP contribution in [0.15, 0.2) is 53.6 Å². The maximum Gasteiger partial charge on any atom is 0.277 e. The van der Waals surface area contributed by atoms with Crippen LogP contribution < -0.4 is 14.9 Å². The van der Waals surface area contributed by atoms with Crippen LogP contribution in [0.2, 0.25) is 0 Å². The minimum absolute atomic E-state index is 0.204. The van der Waals surface area contributed by atoms with E-state index < -0.39 is 5.91 Å². The zero-order valence-electron chi connectivity index (χ0n) is 12.7. The summed E-state index contributed by atoms with van der Waals surface area (Å²) in [7, 11) is 0. The Balaban J connectivity index is 1.84. The molecule has 0 aliphatic carbocycles. The molecular weight excluding hydrogens is 299 g/mol. The van der Waals surface area contributed by atoms with Crippen LogP contribution in [-0.2, 0) is 4.79 Å². The van der Waals surface area contributed by atoms with Gasteiger partial charge in [-0.1, -0.05) is 24.3 Å². The zero-order valence-corrected chi connectivity index (χ0v) is 12.7. The van der Waals surface area contributed by atoms with E-state index in [1.54, 1.807) is 30.3 Å². The summed E-state index contributed by atoms with van der Waals surface area (Å²) in [6.45, 7) is 2.17. The molecule has 120 valence electrons. The third-order valence-corrected chi connectivity index (χ3v) is 2.76. The predicted octanol–water partition coefficient (Wildman–Crippen LogP) is 2.75. The Morgan fingerprint density at radius 2 is 1.91 bits per heavy atom. The van der Waals surface area contributed by atoms with Gasteiger partial charge in [-0.3, -0.25) is 4.79 Å². The molecule has 1 N–H and O–H groups in total. The maximum absolute atomic E-state index is 13.0. The van der Waals surface area contributed by atoms with Crippen molar-refractivity contribution in [2.75, 3.05) is 13.2 Å². The summed E-state index contributed by atoms with van der Waals surface area (Å²) < 4.78 is 23.8. The zero-order chi connectivity index (χ0) is 16.5. The lowest BCUT2D eigenvalue weighted by atomic mass is 10.2. The maximum atomic E-state index is 13.0. The van der Waals surface area contributed by atoms with E-state index in [9.17, 15) is 9.18 Å². The van der Waals surface area contributed by atoms with Gasteiger partial charge in [0.05, 0.1) is 12.8 Å². The molecule has 6 heteroatoms. The molecule has 0 unspecified atom stereocenters. The molecule has 5 nitrogen and oxygen atoms in total. The van der Waals surface area contributed by atoms with Gasteiger partial charge in [0.1, 0.15) is 5.82 Å². The molecule has 0 aromatic heterocycles. The number of amides is 1. The molecule has 0 bridgehead atoms. The van der Waals surface area contributed by atoms with E-state index in [2.05, 4.69) is 10.5 Å². The van der Waals surface area contributed by atoms with Crippen LogP contribution in [0.4, 0.5) is 4.39 Å². The molecule has 2 rings (SSSR count). The molecule has 0 spiro atoms. The lowest BCUT2D eigenvalue weighted by Crippen LogP contribution is -2.24. The highest BCUT2D eigenvalue weighted by Crippen LogP contribution is 2.26. The molecule has 0 radical (unpaired) electrons. The van der Waals surface area contributed by atoms with Crippen LogP contribution in [0.5, 0.6) is 11.5 Å². The number of nitrogens with one attached hydrogen (secondary N) is 1. The van der Waals surface area contributed by atoms with Crippen molar-refractivity contribution in [3.8, 4) is 11.5 Å². The molecular formula is C17H17FN2O3. The minimum atomic E-state index is -0.427. The average Bonchev–Trinajstić information content (AvgIpc) is 2.54. The lowest BCUT2D eigenvalue weighted by molar-refractivity contribution is -0.123. The van der Waals surface area contributed by atoms with Gasteiger partial charge in [-0.15, -0.1) is 0 Å². The molecule has 0 atom stereocenters. The lowest BCUT2D eigenvalue weighted by Gasteiger charge is -2.10. The normalized spacial score (nSPS) is 10.5. The molecule has 0 saturated carbocycles. The third-order valence-electron chi connectivity index (χ3n) is 2.76. The summed E-state index contributed by atoms with van der Waals surface area (Å²) in [5, 5.41) is 3.75. The van der Waals surface area contributed by atoms with Crippen molar-refractivity contribution in [2.24, 2.45) is 5.10 Å². The Kier molecular flexibility index (Phi) is 6.11. The molecule has 0 saturated heterocycles. The van der Waals surface area contributed by atoms with E-state index in [1.807, 2.05) is 13.0 Å². The van der Waals surface area contributed by atoms with E-state index >= 15 is 0 Å². The van der Waals surface area contributed by atoms with Crippen molar-refractivity contribution in [1.29, 1.82) is 0 Å². The summed E-state index contributed by atoms with van der Waals surface area (Å²) in [6, 6.07) is 13.0. The van der Waals surface area contributed by atoms with Gasteiger partial charge in [0.25, 0.3) is 5.91 Å². The molecule has 0 aliphatic heterocycles. The number of carbonyl (C=O) groups is 1.